The summed E-state index contributed by atoms with van der Waals surface area (Å²) in [7, 11) is 1.86. The molecule has 2 aromatic rings. The number of carbonyl (C=O) groups excluding carboxylic acids is 3. The van der Waals surface area contributed by atoms with Crippen molar-refractivity contribution < 1.29 is 14.4 Å². The summed E-state index contributed by atoms with van der Waals surface area (Å²) >= 11 is 0.899. The summed E-state index contributed by atoms with van der Waals surface area (Å²) in [5.41, 5.74) is 1.77. The Bertz CT molecular complexity index is 840. The van der Waals surface area contributed by atoms with Crippen LogP contribution in [0, 0.1) is 0 Å². The summed E-state index contributed by atoms with van der Waals surface area (Å²) in [5.74, 6) is -0.554. The van der Waals surface area contributed by atoms with Gasteiger partial charge in [0, 0.05) is 56.8 Å². The van der Waals surface area contributed by atoms with Gasteiger partial charge in [0.1, 0.15) is 0 Å². The van der Waals surface area contributed by atoms with E-state index in [4.69, 9.17) is 0 Å². The fourth-order valence-electron chi connectivity index (χ4n) is 2.51. The van der Waals surface area contributed by atoms with Gasteiger partial charge in [-0.05, 0) is 30.0 Å². The van der Waals surface area contributed by atoms with E-state index in [9.17, 15) is 14.4 Å². The lowest BCUT2D eigenvalue weighted by Crippen LogP contribution is -2.34. The third-order valence-corrected chi connectivity index (χ3v) is 4.88. The van der Waals surface area contributed by atoms with E-state index in [1.165, 1.54) is 0 Å². The Balaban J connectivity index is 1.49. The van der Waals surface area contributed by atoms with Gasteiger partial charge in [-0.3, -0.25) is 19.3 Å². The summed E-state index contributed by atoms with van der Waals surface area (Å²) < 4.78 is 1.86. The van der Waals surface area contributed by atoms with Crippen molar-refractivity contribution in [1.82, 2.24) is 24.8 Å². The SMILES string of the molecule is Cn1cccc1C=C1SC(=O)N(CCC(=O)NCCc2cnc[nH]2)C1=O. The molecule has 2 N–H and O–H groups in total. The van der Waals surface area contributed by atoms with E-state index in [0.29, 0.717) is 17.9 Å². The van der Waals surface area contributed by atoms with E-state index in [2.05, 4.69) is 15.3 Å². The summed E-state index contributed by atoms with van der Waals surface area (Å²) in [5, 5.41) is 2.42. The van der Waals surface area contributed by atoms with Crippen LogP contribution in [0.25, 0.3) is 6.08 Å². The van der Waals surface area contributed by atoms with Crippen LogP contribution in [0.1, 0.15) is 17.8 Å². The molecule has 0 saturated carbocycles. The first-order chi connectivity index (χ1) is 12.5. The Morgan fingerprint density at radius 3 is 2.96 bits per heavy atom. The van der Waals surface area contributed by atoms with Crippen LogP contribution in [-0.4, -0.2) is 49.6 Å². The second kappa shape index (κ2) is 8.05. The average molecular weight is 373 g/mol. The molecule has 3 rings (SSSR count). The van der Waals surface area contributed by atoms with E-state index in [1.807, 2.05) is 29.9 Å². The number of hydrogen-bond donors (Lipinski definition) is 2. The molecule has 8 nitrogen and oxygen atoms in total. The molecule has 1 aliphatic rings. The third-order valence-electron chi connectivity index (χ3n) is 3.97. The van der Waals surface area contributed by atoms with E-state index in [0.717, 1.165) is 28.0 Å². The lowest BCUT2D eigenvalue weighted by atomic mass is 10.3. The van der Waals surface area contributed by atoms with E-state index >= 15 is 0 Å². The molecule has 0 spiro atoms. The second-order valence-corrected chi connectivity index (χ2v) is 6.80. The van der Waals surface area contributed by atoms with Crippen LogP contribution < -0.4 is 5.32 Å². The summed E-state index contributed by atoms with van der Waals surface area (Å²) in [6, 6.07) is 3.73. The number of nitrogens with one attached hydrogen (secondary N) is 2. The van der Waals surface area contributed by atoms with Gasteiger partial charge in [-0.25, -0.2) is 4.98 Å². The largest absolute Gasteiger partial charge is 0.356 e. The molecule has 0 bridgehead atoms. The number of thioether (sulfide) groups is 1. The number of hydrogen-bond acceptors (Lipinski definition) is 5. The predicted molar refractivity (Wildman–Crippen MR) is 98.0 cm³/mol. The first-order valence-electron chi connectivity index (χ1n) is 8.15. The van der Waals surface area contributed by atoms with Gasteiger partial charge in [0.2, 0.25) is 5.91 Å². The van der Waals surface area contributed by atoms with Gasteiger partial charge >= 0.3 is 0 Å². The van der Waals surface area contributed by atoms with Gasteiger partial charge in [-0.2, -0.15) is 0 Å². The van der Waals surface area contributed by atoms with Crippen molar-refractivity contribution in [2.24, 2.45) is 7.05 Å². The van der Waals surface area contributed by atoms with E-state index in [-0.39, 0.29) is 30.0 Å². The predicted octanol–water partition coefficient (Wildman–Crippen LogP) is 1.53. The Hall–Kier alpha value is -2.81. The molecule has 3 heterocycles. The summed E-state index contributed by atoms with van der Waals surface area (Å²) in [4.78, 5) is 44.7. The standard InChI is InChI=1S/C17H19N5O3S/c1-21-7-2-3-13(21)9-14-16(24)22(17(25)26-14)8-5-15(23)19-6-4-12-10-18-11-20-12/h2-3,7,9-11H,4-6,8H2,1H3,(H,18,20)(H,19,23). The maximum Gasteiger partial charge on any atom is 0.293 e. The molecule has 0 atom stereocenters. The maximum absolute atomic E-state index is 12.4. The lowest BCUT2D eigenvalue weighted by molar-refractivity contribution is -0.124. The molecule has 2 aromatic heterocycles. The van der Waals surface area contributed by atoms with Gasteiger partial charge in [-0.15, -0.1) is 0 Å². The Morgan fingerprint density at radius 1 is 1.42 bits per heavy atom. The number of carbonyl (C=O) groups is 3. The zero-order valence-corrected chi connectivity index (χ0v) is 15.1. The Morgan fingerprint density at radius 2 is 2.27 bits per heavy atom. The van der Waals surface area contributed by atoms with Gasteiger partial charge in [0.25, 0.3) is 11.1 Å². The highest BCUT2D eigenvalue weighted by molar-refractivity contribution is 8.18. The number of aromatic amines is 1. The Kier molecular flexibility index (Phi) is 5.57. The number of aryl methyl sites for hydroxylation is 1. The molecule has 0 aromatic carbocycles. The molecule has 1 saturated heterocycles. The van der Waals surface area contributed by atoms with Crippen molar-refractivity contribution >= 4 is 34.9 Å². The van der Waals surface area contributed by atoms with Gasteiger partial charge in [-0.1, -0.05) is 0 Å². The Labute approximate surface area is 154 Å². The first-order valence-corrected chi connectivity index (χ1v) is 8.97. The minimum Gasteiger partial charge on any atom is -0.356 e. The topological polar surface area (TPSA) is 100 Å². The second-order valence-electron chi connectivity index (χ2n) is 5.80. The molecule has 0 aliphatic carbocycles. The number of aromatic nitrogens is 3. The van der Waals surface area contributed by atoms with Crippen LogP contribution in [0.15, 0.2) is 35.8 Å². The fourth-order valence-corrected chi connectivity index (χ4v) is 3.36. The molecule has 136 valence electrons. The molecule has 0 unspecified atom stereocenters. The molecular weight excluding hydrogens is 354 g/mol. The zero-order chi connectivity index (χ0) is 18.5. The van der Waals surface area contributed by atoms with Crippen molar-refractivity contribution in [3.05, 3.63) is 47.1 Å². The molecular formula is C17H19N5O3S. The zero-order valence-electron chi connectivity index (χ0n) is 14.3. The van der Waals surface area contributed by atoms with Crippen LogP contribution in [0.4, 0.5) is 4.79 Å². The lowest BCUT2D eigenvalue weighted by Gasteiger charge is -2.12. The normalized spacial score (nSPS) is 15.9. The monoisotopic (exact) mass is 373 g/mol. The molecule has 26 heavy (non-hydrogen) atoms. The van der Waals surface area contributed by atoms with E-state index < -0.39 is 0 Å². The summed E-state index contributed by atoms with van der Waals surface area (Å²) in [6.45, 7) is 0.543. The number of nitrogens with zero attached hydrogens (tertiary/aromatic N) is 3. The number of imide groups is 1. The van der Waals surface area contributed by atoms with Crippen LogP contribution in [0.5, 0.6) is 0 Å². The highest BCUT2D eigenvalue weighted by Gasteiger charge is 2.35. The number of amides is 3. The van der Waals surface area contributed by atoms with Gasteiger partial charge in [0.05, 0.1) is 11.2 Å². The maximum atomic E-state index is 12.4. The highest BCUT2D eigenvalue weighted by Crippen LogP contribution is 2.32. The fraction of sp³-hybridized carbons (Fsp3) is 0.294. The average Bonchev–Trinajstić information content (AvgIpc) is 3.31. The van der Waals surface area contributed by atoms with Crippen LogP contribution in [-0.2, 0) is 23.1 Å². The quantitative estimate of drug-likeness (QED) is 0.717. The molecule has 1 aliphatic heterocycles. The number of rotatable bonds is 7. The number of imidazole rings is 1. The van der Waals surface area contributed by atoms with Crippen LogP contribution in [0.3, 0.4) is 0 Å². The number of H-pyrrole nitrogens is 1. The smallest absolute Gasteiger partial charge is 0.293 e. The first kappa shape index (κ1) is 18.0. The highest BCUT2D eigenvalue weighted by atomic mass is 32.2. The molecule has 9 heteroatoms. The summed E-state index contributed by atoms with van der Waals surface area (Å²) in [6.07, 6.45) is 7.57. The van der Waals surface area contributed by atoms with Gasteiger partial charge in [0.15, 0.2) is 0 Å². The molecule has 1 fully saturated rings. The minimum atomic E-state index is -0.355. The van der Waals surface area contributed by atoms with Crippen LogP contribution in [0.2, 0.25) is 0 Å². The van der Waals surface area contributed by atoms with Crippen molar-refractivity contribution in [3.63, 3.8) is 0 Å². The van der Waals surface area contributed by atoms with Gasteiger partial charge < -0.3 is 14.9 Å². The van der Waals surface area contributed by atoms with Crippen molar-refractivity contribution in [2.75, 3.05) is 13.1 Å². The van der Waals surface area contributed by atoms with Crippen molar-refractivity contribution in [3.8, 4) is 0 Å². The minimum absolute atomic E-state index is 0.0744. The van der Waals surface area contributed by atoms with Crippen molar-refractivity contribution in [2.45, 2.75) is 12.8 Å². The third kappa shape index (κ3) is 4.23. The molecule has 3 amide bonds. The van der Waals surface area contributed by atoms with Crippen molar-refractivity contribution in [1.29, 1.82) is 0 Å². The molecule has 0 radical (unpaired) electrons. The van der Waals surface area contributed by atoms with Crippen LogP contribution >= 0.6 is 11.8 Å². The van der Waals surface area contributed by atoms with E-state index in [1.54, 1.807) is 18.6 Å².